The smallest absolute Gasteiger partial charge is 0.160 e. The van der Waals surface area contributed by atoms with E-state index in [4.69, 9.17) is 14.4 Å². The zero-order valence-corrected chi connectivity index (χ0v) is 36.6. The predicted molar refractivity (Wildman–Crippen MR) is 278 cm³/mol. The average molecular weight is 855 g/mol. The number of furan rings is 1. The van der Waals surface area contributed by atoms with Crippen molar-refractivity contribution in [3.05, 3.63) is 255 Å². The lowest BCUT2D eigenvalue weighted by Gasteiger charge is -2.19. The number of rotatable bonds is 9. The van der Waals surface area contributed by atoms with E-state index in [9.17, 15) is 0 Å². The summed E-state index contributed by atoms with van der Waals surface area (Å²) in [6, 6.07) is 90.3. The Morgan fingerprint density at radius 1 is 0.239 bits per heavy atom. The van der Waals surface area contributed by atoms with E-state index >= 15 is 0 Å². The fourth-order valence-electron chi connectivity index (χ4n) is 9.33. The summed E-state index contributed by atoms with van der Waals surface area (Å²) in [7, 11) is 0. The topological polar surface area (TPSA) is 38.9 Å². The third-order valence-electron chi connectivity index (χ3n) is 12.7. The maximum Gasteiger partial charge on any atom is 0.160 e. The van der Waals surface area contributed by atoms with Gasteiger partial charge in [0.2, 0.25) is 0 Å². The molecule has 12 rings (SSSR count). The van der Waals surface area contributed by atoms with Crippen LogP contribution in [0.15, 0.2) is 259 Å². The number of fused-ring (bicyclic) bond motifs is 3. The molecule has 0 aliphatic carbocycles. The van der Waals surface area contributed by atoms with Gasteiger partial charge in [-0.15, -0.1) is 0 Å². The molecule has 0 saturated heterocycles. The zero-order valence-electron chi connectivity index (χ0n) is 36.6. The van der Waals surface area contributed by atoms with Gasteiger partial charge in [0.1, 0.15) is 11.2 Å². The van der Waals surface area contributed by atoms with Gasteiger partial charge in [0.25, 0.3) is 0 Å². The molecule has 2 heterocycles. The molecule has 67 heavy (non-hydrogen) atoms. The minimum absolute atomic E-state index is 0.694. The molecule has 314 valence electrons. The van der Waals surface area contributed by atoms with E-state index in [1.165, 1.54) is 27.8 Å². The second kappa shape index (κ2) is 17.2. The first kappa shape index (κ1) is 39.7. The Bertz CT molecular complexity index is 3690. The minimum Gasteiger partial charge on any atom is -0.456 e. The van der Waals surface area contributed by atoms with Crippen LogP contribution in [0.2, 0.25) is 0 Å². The number of benzene rings is 10. The summed E-state index contributed by atoms with van der Waals surface area (Å²) < 4.78 is 6.28. The fourth-order valence-corrected chi connectivity index (χ4v) is 9.33. The van der Waals surface area contributed by atoms with Gasteiger partial charge in [0, 0.05) is 27.5 Å². The molecule has 0 aliphatic rings. The van der Waals surface area contributed by atoms with Crippen LogP contribution in [-0.2, 0) is 0 Å². The highest BCUT2D eigenvalue weighted by Gasteiger charge is 2.19. The maximum absolute atomic E-state index is 6.28. The highest BCUT2D eigenvalue weighted by atomic mass is 16.3. The SMILES string of the molecule is c1ccc(-c2ccc(-c3cc(-c4cccc(-c5ccc(-c6cc(-c7ccccc7)cc(-c7ccc8oc9ccccc9c8c7)c6-c6ccccc6)cc5)c4)nc(-c4ccccc4)n3)cc2)cc1. The quantitative estimate of drug-likeness (QED) is 0.145. The van der Waals surface area contributed by atoms with E-state index in [2.05, 4.69) is 218 Å². The van der Waals surface area contributed by atoms with Crippen molar-refractivity contribution in [3.8, 4) is 101 Å². The summed E-state index contributed by atoms with van der Waals surface area (Å²) in [5.41, 5.74) is 20.4. The number of para-hydroxylation sites is 1. The molecule has 3 heteroatoms. The van der Waals surface area contributed by atoms with Crippen molar-refractivity contribution in [2.24, 2.45) is 0 Å². The molecule has 0 amide bonds. The van der Waals surface area contributed by atoms with Gasteiger partial charge in [-0.25, -0.2) is 9.97 Å². The Hall–Kier alpha value is -8.92. The minimum atomic E-state index is 0.694. The number of aromatic nitrogens is 2. The van der Waals surface area contributed by atoms with Gasteiger partial charge in [-0.3, -0.25) is 0 Å². The molecule has 0 N–H and O–H groups in total. The van der Waals surface area contributed by atoms with Crippen molar-refractivity contribution < 1.29 is 4.42 Å². The predicted octanol–water partition coefficient (Wildman–Crippen LogP) is 17.4. The lowest BCUT2D eigenvalue weighted by Crippen LogP contribution is -1.96. The van der Waals surface area contributed by atoms with Crippen LogP contribution in [0, 0.1) is 0 Å². The summed E-state index contributed by atoms with van der Waals surface area (Å²) in [4.78, 5) is 10.3. The number of hydrogen-bond donors (Lipinski definition) is 0. The van der Waals surface area contributed by atoms with Crippen molar-refractivity contribution in [2.45, 2.75) is 0 Å². The van der Waals surface area contributed by atoms with E-state index in [0.717, 1.165) is 89.0 Å². The molecule has 2 aromatic heterocycles. The molecule has 3 nitrogen and oxygen atoms in total. The summed E-state index contributed by atoms with van der Waals surface area (Å²) >= 11 is 0. The third-order valence-corrected chi connectivity index (χ3v) is 12.7. The Morgan fingerprint density at radius 3 is 1.36 bits per heavy atom. The Morgan fingerprint density at radius 2 is 0.687 bits per heavy atom. The Kier molecular flexibility index (Phi) is 10.2. The summed E-state index contributed by atoms with van der Waals surface area (Å²) in [6.45, 7) is 0. The second-order valence-corrected chi connectivity index (χ2v) is 16.9. The normalized spacial score (nSPS) is 11.3. The monoisotopic (exact) mass is 854 g/mol. The lowest BCUT2D eigenvalue weighted by molar-refractivity contribution is 0.669. The molecule has 0 aliphatic heterocycles. The molecule has 0 radical (unpaired) electrons. The van der Waals surface area contributed by atoms with Gasteiger partial charge in [-0.1, -0.05) is 212 Å². The standard InChI is InChI=1S/C64H42N2O/c1-5-16-43(17-6-1)45-30-34-48(35-31-45)59-42-60(66-64(65-59)50-22-11-4-12-23-50)53-25-15-24-51(38-53)46-28-32-47(33-29-46)56-40-54(44-18-7-2-8-19-44)41-57(63(56)49-20-9-3-10-21-49)52-36-37-62-58(39-52)55-26-13-14-27-61(55)67-62/h1-42H. The highest BCUT2D eigenvalue weighted by molar-refractivity contribution is 6.07. The molecular formula is C64H42N2O. The largest absolute Gasteiger partial charge is 0.456 e. The van der Waals surface area contributed by atoms with Gasteiger partial charge in [0.05, 0.1) is 11.4 Å². The molecule has 0 unspecified atom stereocenters. The first-order chi connectivity index (χ1) is 33.2. The van der Waals surface area contributed by atoms with Crippen LogP contribution in [0.4, 0.5) is 0 Å². The molecule has 12 aromatic rings. The molecule has 10 aromatic carbocycles. The van der Waals surface area contributed by atoms with E-state index in [1.807, 2.05) is 36.4 Å². The zero-order chi connectivity index (χ0) is 44.5. The maximum atomic E-state index is 6.28. The first-order valence-electron chi connectivity index (χ1n) is 22.7. The molecule has 0 spiro atoms. The molecule has 0 atom stereocenters. The Labute approximate surface area is 390 Å². The van der Waals surface area contributed by atoms with Crippen molar-refractivity contribution in [2.75, 3.05) is 0 Å². The van der Waals surface area contributed by atoms with Crippen LogP contribution in [0.3, 0.4) is 0 Å². The van der Waals surface area contributed by atoms with Crippen LogP contribution in [0.5, 0.6) is 0 Å². The summed E-state index contributed by atoms with van der Waals surface area (Å²) in [5, 5.41) is 2.22. The summed E-state index contributed by atoms with van der Waals surface area (Å²) in [5.74, 6) is 0.694. The van der Waals surface area contributed by atoms with Crippen LogP contribution in [-0.4, -0.2) is 9.97 Å². The summed E-state index contributed by atoms with van der Waals surface area (Å²) in [6.07, 6.45) is 0. The highest BCUT2D eigenvalue weighted by Crippen LogP contribution is 2.45. The van der Waals surface area contributed by atoms with E-state index < -0.39 is 0 Å². The van der Waals surface area contributed by atoms with Crippen LogP contribution in [0.1, 0.15) is 0 Å². The second-order valence-electron chi connectivity index (χ2n) is 16.9. The van der Waals surface area contributed by atoms with Crippen molar-refractivity contribution in [1.29, 1.82) is 0 Å². The van der Waals surface area contributed by atoms with Crippen molar-refractivity contribution >= 4 is 21.9 Å². The van der Waals surface area contributed by atoms with Crippen molar-refractivity contribution in [3.63, 3.8) is 0 Å². The molecular weight excluding hydrogens is 813 g/mol. The van der Waals surface area contributed by atoms with Crippen LogP contribution in [0.25, 0.3) is 123 Å². The fraction of sp³-hybridized carbons (Fsp3) is 0. The van der Waals surface area contributed by atoms with E-state index in [-0.39, 0.29) is 0 Å². The molecule has 0 saturated carbocycles. The third kappa shape index (κ3) is 7.79. The van der Waals surface area contributed by atoms with E-state index in [1.54, 1.807) is 0 Å². The van der Waals surface area contributed by atoms with Gasteiger partial charge >= 0.3 is 0 Å². The van der Waals surface area contributed by atoms with Gasteiger partial charge in [-0.2, -0.15) is 0 Å². The van der Waals surface area contributed by atoms with Crippen LogP contribution < -0.4 is 0 Å². The Balaban J connectivity index is 0.955. The molecule has 0 bridgehead atoms. The first-order valence-corrected chi connectivity index (χ1v) is 22.7. The van der Waals surface area contributed by atoms with Gasteiger partial charge in [-0.05, 0) is 109 Å². The van der Waals surface area contributed by atoms with Gasteiger partial charge in [0.15, 0.2) is 5.82 Å². The van der Waals surface area contributed by atoms with Crippen LogP contribution >= 0.6 is 0 Å². The number of nitrogens with zero attached hydrogens (tertiary/aromatic N) is 2. The van der Waals surface area contributed by atoms with Crippen molar-refractivity contribution in [1.82, 2.24) is 9.97 Å². The van der Waals surface area contributed by atoms with Gasteiger partial charge < -0.3 is 4.42 Å². The average Bonchev–Trinajstić information content (AvgIpc) is 3.79. The molecule has 0 fully saturated rings. The number of hydrogen-bond acceptors (Lipinski definition) is 3. The van der Waals surface area contributed by atoms with E-state index in [0.29, 0.717) is 5.82 Å². The lowest BCUT2D eigenvalue weighted by atomic mass is 9.84.